The van der Waals surface area contributed by atoms with Gasteiger partial charge in [0.05, 0.1) is 0 Å². The average Bonchev–Trinajstić information content (AvgIpc) is 1.98. The number of anilines is 1. The predicted molar refractivity (Wildman–Crippen MR) is 55.7 cm³/mol. The Morgan fingerprint density at radius 3 is 2.91 bits per heavy atom. The molecule has 0 unspecified atom stereocenters. The Hall–Kier alpha value is -0.450. The van der Waals surface area contributed by atoms with Crippen LogP contribution in [0.3, 0.4) is 0 Å². The molecule has 3 heteroatoms. The Labute approximate surface area is 75.2 Å². The van der Waals surface area contributed by atoms with E-state index in [1.165, 1.54) is 6.07 Å². The standard InChI is InChI=1S/C8H9FIN/c1-10-5-6-4-7(11)2-3-8(6)9/h2-4H,1,5,11H2. The largest absolute Gasteiger partial charge is 0.399 e. The van der Waals surface area contributed by atoms with Gasteiger partial charge in [0.25, 0.3) is 0 Å². The fourth-order valence-electron chi connectivity index (χ4n) is 0.799. The van der Waals surface area contributed by atoms with Crippen LogP contribution < -0.4 is 5.73 Å². The van der Waals surface area contributed by atoms with Crippen molar-refractivity contribution < 1.29 is 4.39 Å². The van der Waals surface area contributed by atoms with Crippen molar-refractivity contribution in [1.29, 1.82) is 0 Å². The number of alkyl halides is 1. The number of rotatable bonds is 2. The predicted octanol–water partition coefficient (Wildman–Crippen LogP) is 2.31. The minimum atomic E-state index is -0.164. The van der Waals surface area contributed by atoms with E-state index in [9.17, 15) is 4.39 Å². The van der Waals surface area contributed by atoms with E-state index < -0.39 is 0 Å². The number of nitrogen functional groups attached to an aromatic ring is 1. The van der Waals surface area contributed by atoms with Crippen molar-refractivity contribution in [3.05, 3.63) is 29.6 Å². The second-order valence-electron chi connectivity index (χ2n) is 2.17. The molecule has 2 N–H and O–H groups in total. The molecule has 0 spiro atoms. The quantitative estimate of drug-likeness (QED) is 0.495. The molecule has 1 rings (SSSR count). The maximum absolute atomic E-state index is 12.9. The van der Waals surface area contributed by atoms with E-state index in [1.807, 2.05) is 0 Å². The maximum atomic E-state index is 12.9. The van der Waals surface area contributed by atoms with Crippen LogP contribution in [0.25, 0.3) is 0 Å². The van der Waals surface area contributed by atoms with Crippen LogP contribution in [0, 0.1) is 5.82 Å². The van der Waals surface area contributed by atoms with E-state index in [4.69, 9.17) is 5.73 Å². The number of benzene rings is 1. The third kappa shape index (κ3) is 2.25. The molecule has 11 heavy (non-hydrogen) atoms. The lowest BCUT2D eigenvalue weighted by Gasteiger charge is -1.99. The summed E-state index contributed by atoms with van der Waals surface area (Å²) < 4.78 is 17.4. The fraction of sp³-hybridized carbons (Fsp3) is 0.125. The summed E-state index contributed by atoms with van der Waals surface area (Å²) in [6.45, 7) is 0. The summed E-state index contributed by atoms with van der Waals surface area (Å²) in [5.41, 5.74) is 6.81. The molecule has 0 saturated carbocycles. The Morgan fingerprint density at radius 1 is 1.55 bits per heavy atom. The molecule has 1 aromatic carbocycles. The number of halogens is 2. The SMILES string of the molecule is C=ICc1cc(N)ccc1F. The van der Waals surface area contributed by atoms with Gasteiger partial charge in [-0.05, 0) is 23.8 Å². The van der Waals surface area contributed by atoms with Gasteiger partial charge in [-0.15, -0.1) is 20.7 Å². The second kappa shape index (κ2) is 3.80. The average molecular weight is 265 g/mol. The van der Waals surface area contributed by atoms with Crippen LogP contribution in [-0.2, 0) is 4.43 Å². The number of hydrogen-bond acceptors (Lipinski definition) is 1. The number of hydrogen-bond donors (Lipinski definition) is 1. The van der Waals surface area contributed by atoms with E-state index in [0.29, 0.717) is 11.3 Å². The maximum Gasteiger partial charge on any atom is 0.127 e. The molecule has 1 nitrogen and oxygen atoms in total. The summed E-state index contributed by atoms with van der Waals surface area (Å²) >= 11 is -0.146. The lowest BCUT2D eigenvalue weighted by molar-refractivity contribution is 0.618. The highest BCUT2D eigenvalue weighted by Crippen LogP contribution is 2.16. The summed E-state index contributed by atoms with van der Waals surface area (Å²) in [6.07, 6.45) is 0. The molecule has 0 fully saturated rings. The monoisotopic (exact) mass is 265 g/mol. The summed E-state index contributed by atoms with van der Waals surface area (Å²) in [5, 5.41) is 0. The smallest absolute Gasteiger partial charge is 0.127 e. The van der Waals surface area contributed by atoms with Crippen LogP contribution in [0.5, 0.6) is 0 Å². The van der Waals surface area contributed by atoms with Gasteiger partial charge in [-0.3, -0.25) is 0 Å². The van der Waals surface area contributed by atoms with Gasteiger partial charge in [0, 0.05) is 10.1 Å². The molecule has 0 aliphatic carbocycles. The molecule has 0 radical (unpaired) electrons. The zero-order valence-electron chi connectivity index (χ0n) is 5.98. The van der Waals surface area contributed by atoms with Crippen LogP contribution in [0.1, 0.15) is 5.56 Å². The molecular formula is C8H9FIN. The van der Waals surface area contributed by atoms with Gasteiger partial charge < -0.3 is 5.73 Å². The topological polar surface area (TPSA) is 26.0 Å². The summed E-state index contributed by atoms with van der Waals surface area (Å²) in [6, 6.07) is 4.66. The van der Waals surface area contributed by atoms with Crippen LogP contribution in [0.2, 0.25) is 0 Å². The fourth-order valence-corrected chi connectivity index (χ4v) is 1.96. The van der Waals surface area contributed by atoms with Gasteiger partial charge in [-0.25, -0.2) is 4.39 Å². The molecule has 0 atom stereocenters. The first-order chi connectivity index (χ1) is 5.24. The summed E-state index contributed by atoms with van der Waals surface area (Å²) in [4.78, 5) is 0. The zero-order chi connectivity index (χ0) is 8.27. The van der Waals surface area contributed by atoms with Gasteiger partial charge in [-0.2, -0.15) is 0 Å². The first kappa shape index (κ1) is 8.64. The minimum absolute atomic E-state index is 0.146. The van der Waals surface area contributed by atoms with Gasteiger partial charge >= 0.3 is 0 Å². The van der Waals surface area contributed by atoms with Gasteiger partial charge in [-0.1, -0.05) is 4.51 Å². The summed E-state index contributed by atoms with van der Waals surface area (Å²) in [5.74, 6) is -0.164. The van der Waals surface area contributed by atoms with Crippen LogP contribution in [0.15, 0.2) is 18.2 Å². The first-order valence-electron chi connectivity index (χ1n) is 3.10. The van der Waals surface area contributed by atoms with Crippen molar-refractivity contribution in [3.63, 3.8) is 0 Å². The van der Waals surface area contributed by atoms with Crippen molar-refractivity contribution in [2.75, 3.05) is 5.73 Å². The van der Waals surface area contributed by atoms with Crippen LogP contribution in [-0.4, -0.2) is 4.51 Å². The normalized spacial score (nSPS) is 9.91. The van der Waals surface area contributed by atoms with Crippen LogP contribution in [0.4, 0.5) is 10.1 Å². The molecule has 60 valence electrons. The highest BCUT2D eigenvalue weighted by Gasteiger charge is 1.99. The minimum Gasteiger partial charge on any atom is -0.399 e. The van der Waals surface area contributed by atoms with E-state index >= 15 is 0 Å². The van der Waals surface area contributed by atoms with E-state index in [-0.39, 0.29) is 26.5 Å². The van der Waals surface area contributed by atoms with E-state index in [1.54, 1.807) is 12.1 Å². The van der Waals surface area contributed by atoms with Crippen LogP contribution >= 0.6 is 20.7 Å². The van der Waals surface area contributed by atoms with Gasteiger partial charge in [0.2, 0.25) is 0 Å². The van der Waals surface area contributed by atoms with Gasteiger partial charge in [0.15, 0.2) is 0 Å². The second-order valence-corrected chi connectivity index (χ2v) is 4.01. The highest BCUT2D eigenvalue weighted by atomic mass is 127. The lowest BCUT2D eigenvalue weighted by Crippen LogP contribution is -1.90. The highest BCUT2D eigenvalue weighted by molar-refractivity contribution is 14.2. The molecule has 0 aromatic heterocycles. The molecule has 0 bridgehead atoms. The Balaban J connectivity index is 3.01. The molecule has 0 saturated heterocycles. The molecule has 0 aliphatic heterocycles. The van der Waals surface area contributed by atoms with E-state index in [2.05, 4.69) is 4.51 Å². The molecular weight excluding hydrogens is 256 g/mol. The molecule has 0 amide bonds. The van der Waals surface area contributed by atoms with Crippen molar-refractivity contribution >= 4 is 30.9 Å². The van der Waals surface area contributed by atoms with Gasteiger partial charge in [0.1, 0.15) is 5.82 Å². The third-order valence-corrected chi connectivity index (χ3v) is 2.67. The Morgan fingerprint density at radius 2 is 2.27 bits per heavy atom. The van der Waals surface area contributed by atoms with Crippen molar-refractivity contribution in [3.8, 4) is 0 Å². The first-order valence-corrected chi connectivity index (χ1v) is 6.15. The zero-order valence-corrected chi connectivity index (χ0v) is 8.14. The Bertz CT molecular complexity index is 273. The number of nitrogens with two attached hydrogens (primary N) is 1. The van der Waals surface area contributed by atoms with Crippen molar-refractivity contribution in [2.45, 2.75) is 4.43 Å². The molecule has 0 aliphatic rings. The lowest BCUT2D eigenvalue weighted by atomic mass is 10.2. The van der Waals surface area contributed by atoms with Crippen molar-refractivity contribution in [1.82, 2.24) is 0 Å². The molecule has 1 aromatic rings. The Kier molecular flexibility index (Phi) is 2.99. The molecule has 0 heterocycles. The van der Waals surface area contributed by atoms with Crippen molar-refractivity contribution in [2.24, 2.45) is 0 Å². The summed E-state index contributed by atoms with van der Waals surface area (Å²) in [7, 11) is 0. The third-order valence-electron chi connectivity index (χ3n) is 1.31. The van der Waals surface area contributed by atoms with E-state index in [0.717, 1.165) is 4.43 Å².